The first-order valence-corrected chi connectivity index (χ1v) is 10.1. The van der Waals surface area contributed by atoms with Gasteiger partial charge in [0.25, 0.3) is 0 Å². The highest BCUT2D eigenvalue weighted by atomic mass is 35.5. The minimum absolute atomic E-state index is 0.177. The summed E-state index contributed by atoms with van der Waals surface area (Å²) in [5.74, 6) is 0.822. The Morgan fingerprint density at radius 3 is 2.60 bits per heavy atom. The molecule has 1 aliphatic rings. The van der Waals surface area contributed by atoms with Gasteiger partial charge in [0.15, 0.2) is 0 Å². The molecular formula is C17H22ClN3O3S. The number of hydrogen-bond donors (Lipinski definition) is 0. The van der Waals surface area contributed by atoms with Crippen molar-refractivity contribution in [3.63, 3.8) is 0 Å². The van der Waals surface area contributed by atoms with Crippen LogP contribution in [0.25, 0.3) is 0 Å². The van der Waals surface area contributed by atoms with E-state index < -0.39 is 10.0 Å². The lowest BCUT2D eigenvalue weighted by Crippen LogP contribution is -2.35. The van der Waals surface area contributed by atoms with Gasteiger partial charge in [-0.3, -0.25) is 4.90 Å². The Balaban J connectivity index is 1.72. The summed E-state index contributed by atoms with van der Waals surface area (Å²) in [6.45, 7) is 6.98. The molecule has 0 unspecified atom stereocenters. The van der Waals surface area contributed by atoms with Crippen molar-refractivity contribution in [3.8, 4) is 0 Å². The summed E-state index contributed by atoms with van der Waals surface area (Å²) < 4.78 is 32.5. The van der Waals surface area contributed by atoms with E-state index in [0.29, 0.717) is 19.6 Å². The molecule has 1 fully saturated rings. The van der Waals surface area contributed by atoms with Crippen LogP contribution in [-0.2, 0) is 16.6 Å². The van der Waals surface area contributed by atoms with E-state index in [0.717, 1.165) is 36.5 Å². The van der Waals surface area contributed by atoms with Gasteiger partial charge in [-0.1, -0.05) is 28.9 Å². The molecule has 136 valence electrons. The maximum atomic E-state index is 12.9. The van der Waals surface area contributed by atoms with Gasteiger partial charge in [-0.25, -0.2) is 8.42 Å². The molecule has 6 nitrogen and oxygen atoms in total. The Bertz CT molecular complexity index is 831. The summed E-state index contributed by atoms with van der Waals surface area (Å²) in [6, 6.07) is 6.59. The minimum atomic E-state index is -3.57. The predicted molar refractivity (Wildman–Crippen MR) is 96.1 cm³/mol. The first kappa shape index (κ1) is 18.4. The third kappa shape index (κ3) is 3.89. The van der Waals surface area contributed by atoms with Gasteiger partial charge in [0, 0.05) is 31.7 Å². The van der Waals surface area contributed by atoms with Crippen molar-refractivity contribution in [1.29, 1.82) is 0 Å². The van der Waals surface area contributed by atoms with Crippen LogP contribution in [0.5, 0.6) is 0 Å². The van der Waals surface area contributed by atoms with Crippen LogP contribution in [0, 0.1) is 13.8 Å². The predicted octanol–water partition coefficient (Wildman–Crippen LogP) is 2.84. The zero-order chi connectivity index (χ0) is 18.0. The zero-order valence-electron chi connectivity index (χ0n) is 14.4. The molecule has 0 amide bonds. The van der Waals surface area contributed by atoms with Gasteiger partial charge < -0.3 is 4.52 Å². The summed E-state index contributed by atoms with van der Waals surface area (Å²) in [5.41, 5.74) is 1.98. The van der Waals surface area contributed by atoms with Crippen molar-refractivity contribution < 1.29 is 12.9 Å². The number of sulfonamides is 1. The van der Waals surface area contributed by atoms with Crippen LogP contribution in [-0.4, -0.2) is 49.0 Å². The third-order valence-corrected chi connectivity index (χ3v) is 6.96. The molecule has 0 N–H and O–H groups in total. The highest BCUT2D eigenvalue weighted by molar-refractivity contribution is 7.89. The summed E-state index contributed by atoms with van der Waals surface area (Å²) in [7, 11) is -3.57. The van der Waals surface area contributed by atoms with Crippen LogP contribution in [0.2, 0.25) is 5.02 Å². The standard InChI is InChI=1S/C17H22ClN3O3S/c1-13-15(14(2)24-19-13)12-20-8-5-9-21(11-10-20)25(22,23)17-7-4-3-6-16(17)18/h3-4,6-7H,5,8-12H2,1-2H3. The van der Waals surface area contributed by atoms with Gasteiger partial charge in [-0.2, -0.15) is 4.31 Å². The van der Waals surface area contributed by atoms with Crippen molar-refractivity contribution in [3.05, 3.63) is 46.3 Å². The zero-order valence-corrected chi connectivity index (χ0v) is 16.0. The molecule has 25 heavy (non-hydrogen) atoms. The van der Waals surface area contributed by atoms with E-state index in [1.54, 1.807) is 24.3 Å². The Morgan fingerprint density at radius 1 is 1.16 bits per heavy atom. The second-order valence-electron chi connectivity index (χ2n) is 6.27. The summed E-state index contributed by atoms with van der Waals surface area (Å²) in [4.78, 5) is 2.42. The number of hydrogen-bond acceptors (Lipinski definition) is 5. The van der Waals surface area contributed by atoms with E-state index in [2.05, 4.69) is 10.1 Å². The Hall–Kier alpha value is -1.41. The smallest absolute Gasteiger partial charge is 0.244 e. The topological polar surface area (TPSA) is 66.7 Å². The molecule has 0 spiro atoms. The van der Waals surface area contributed by atoms with Crippen molar-refractivity contribution in [2.75, 3.05) is 26.2 Å². The maximum absolute atomic E-state index is 12.9. The van der Waals surface area contributed by atoms with Crippen LogP contribution in [0.3, 0.4) is 0 Å². The number of nitrogens with zero attached hydrogens (tertiary/aromatic N) is 3. The first-order chi connectivity index (χ1) is 11.9. The number of rotatable bonds is 4. The molecular weight excluding hydrogens is 362 g/mol. The minimum Gasteiger partial charge on any atom is -0.361 e. The molecule has 2 aromatic rings. The number of aromatic nitrogens is 1. The molecule has 1 saturated heterocycles. The van der Waals surface area contributed by atoms with Crippen LogP contribution in [0.4, 0.5) is 0 Å². The molecule has 1 aliphatic heterocycles. The first-order valence-electron chi connectivity index (χ1n) is 8.28. The Labute approximate surface area is 153 Å². The fraction of sp³-hybridized carbons (Fsp3) is 0.471. The van der Waals surface area contributed by atoms with Crippen molar-refractivity contribution in [2.24, 2.45) is 0 Å². The molecule has 1 aromatic heterocycles. The monoisotopic (exact) mass is 383 g/mol. The average molecular weight is 384 g/mol. The lowest BCUT2D eigenvalue weighted by Gasteiger charge is -2.22. The summed E-state index contributed by atoms with van der Waals surface area (Å²) in [5, 5.41) is 4.25. The number of aryl methyl sites for hydroxylation is 2. The van der Waals surface area contributed by atoms with E-state index in [9.17, 15) is 8.42 Å². The molecule has 0 atom stereocenters. The normalized spacial score (nSPS) is 17.6. The van der Waals surface area contributed by atoms with Crippen LogP contribution in [0.15, 0.2) is 33.7 Å². The Kier molecular flexibility index (Phi) is 5.48. The largest absolute Gasteiger partial charge is 0.361 e. The average Bonchev–Trinajstić information content (AvgIpc) is 2.78. The number of benzene rings is 1. The lowest BCUT2D eigenvalue weighted by atomic mass is 10.2. The van der Waals surface area contributed by atoms with Gasteiger partial charge in [0.1, 0.15) is 10.7 Å². The van der Waals surface area contributed by atoms with Crippen LogP contribution >= 0.6 is 11.6 Å². The molecule has 0 saturated carbocycles. The maximum Gasteiger partial charge on any atom is 0.244 e. The fourth-order valence-electron chi connectivity index (χ4n) is 3.09. The van der Waals surface area contributed by atoms with E-state index >= 15 is 0 Å². The summed E-state index contributed by atoms with van der Waals surface area (Å²) in [6.07, 6.45) is 0.771. The highest BCUT2D eigenvalue weighted by Crippen LogP contribution is 2.25. The van der Waals surface area contributed by atoms with Gasteiger partial charge in [0.05, 0.1) is 10.7 Å². The van der Waals surface area contributed by atoms with E-state index in [4.69, 9.17) is 16.1 Å². The molecule has 1 aromatic carbocycles. The van der Waals surface area contributed by atoms with E-state index in [1.807, 2.05) is 13.8 Å². The van der Waals surface area contributed by atoms with Crippen molar-refractivity contribution in [1.82, 2.24) is 14.4 Å². The van der Waals surface area contributed by atoms with E-state index in [1.165, 1.54) is 4.31 Å². The van der Waals surface area contributed by atoms with Crippen molar-refractivity contribution >= 4 is 21.6 Å². The second kappa shape index (κ2) is 7.45. The highest BCUT2D eigenvalue weighted by Gasteiger charge is 2.28. The molecule has 0 radical (unpaired) electrons. The molecule has 3 rings (SSSR count). The van der Waals surface area contributed by atoms with Crippen LogP contribution < -0.4 is 0 Å². The molecule has 2 heterocycles. The molecule has 0 bridgehead atoms. The summed E-state index contributed by atoms with van der Waals surface area (Å²) >= 11 is 6.09. The van der Waals surface area contributed by atoms with Gasteiger partial charge in [-0.15, -0.1) is 0 Å². The van der Waals surface area contributed by atoms with Crippen LogP contribution in [0.1, 0.15) is 23.4 Å². The third-order valence-electron chi connectivity index (χ3n) is 4.56. The Morgan fingerprint density at radius 2 is 1.92 bits per heavy atom. The lowest BCUT2D eigenvalue weighted by molar-refractivity contribution is 0.276. The number of halogens is 1. The van der Waals surface area contributed by atoms with Gasteiger partial charge in [-0.05, 0) is 38.9 Å². The van der Waals surface area contributed by atoms with Gasteiger partial charge >= 0.3 is 0 Å². The second-order valence-corrected chi connectivity index (χ2v) is 8.58. The molecule has 8 heteroatoms. The molecule has 0 aliphatic carbocycles. The SMILES string of the molecule is Cc1noc(C)c1CN1CCCN(S(=O)(=O)c2ccccc2Cl)CC1. The van der Waals surface area contributed by atoms with Gasteiger partial charge in [0.2, 0.25) is 10.0 Å². The quantitative estimate of drug-likeness (QED) is 0.812. The van der Waals surface area contributed by atoms with Crippen molar-refractivity contribution in [2.45, 2.75) is 31.7 Å². The fourth-order valence-corrected chi connectivity index (χ4v) is 5.05. The van der Waals surface area contributed by atoms with E-state index in [-0.39, 0.29) is 9.92 Å².